The topological polar surface area (TPSA) is 21.3 Å². The lowest BCUT2D eigenvalue weighted by atomic mass is 10.0. The number of hydrogen-bond acceptors (Lipinski definition) is 2. The van der Waals surface area contributed by atoms with Crippen molar-refractivity contribution in [3.8, 4) is 18.1 Å². The van der Waals surface area contributed by atoms with Crippen LogP contribution in [0, 0.1) is 12.3 Å². The van der Waals surface area contributed by atoms with Crippen LogP contribution < -0.4 is 10.1 Å². The number of hydrogen-bond donors (Lipinski definition) is 1. The third kappa shape index (κ3) is 5.81. The smallest absolute Gasteiger partial charge is 0.118 e. The first-order valence-electron chi connectivity index (χ1n) is 7.02. The molecule has 0 saturated heterocycles. The van der Waals surface area contributed by atoms with Gasteiger partial charge in [0.15, 0.2) is 0 Å². The van der Waals surface area contributed by atoms with Gasteiger partial charge in [-0.1, -0.05) is 19.1 Å². The fourth-order valence-corrected chi connectivity index (χ4v) is 2.12. The van der Waals surface area contributed by atoms with E-state index in [4.69, 9.17) is 11.2 Å². The van der Waals surface area contributed by atoms with Crippen LogP contribution in [0.5, 0.6) is 5.75 Å². The average Bonchev–Trinajstić information content (AvgIpc) is 2.45. The van der Waals surface area contributed by atoms with Crippen LogP contribution in [0.25, 0.3) is 0 Å². The minimum absolute atomic E-state index is 0.441. The summed E-state index contributed by atoms with van der Waals surface area (Å²) in [5, 5.41) is 3.59. The van der Waals surface area contributed by atoms with Crippen LogP contribution >= 0.6 is 0 Å². The first-order valence-corrected chi connectivity index (χ1v) is 7.02. The number of nitrogens with one attached hydrogen (secondary N) is 1. The second-order valence-corrected chi connectivity index (χ2v) is 4.97. The molecular formula is C17H25NO. The third-order valence-corrected chi connectivity index (χ3v) is 3.40. The SMILES string of the molecule is C#CCC(CC)NC(C)CCc1ccc(OC)cc1. The molecule has 19 heavy (non-hydrogen) atoms. The van der Waals surface area contributed by atoms with E-state index in [1.165, 1.54) is 5.56 Å². The summed E-state index contributed by atoms with van der Waals surface area (Å²) in [6.07, 6.45) is 9.45. The molecule has 1 aromatic rings. The molecule has 0 bridgehead atoms. The zero-order valence-electron chi connectivity index (χ0n) is 12.3. The Morgan fingerprint density at radius 3 is 2.53 bits per heavy atom. The highest BCUT2D eigenvalue weighted by molar-refractivity contribution is 5.27. The van der Waals surface area contributed by atoms with Gasteiger partial charge in [-0.3, -0.25) is 0 Å². The first kappa shape index (κ1) is 15.6. The maximum absolute atomic E-state index is 5.37. The van der Waals surface area contributed by atoms with Crippen LogP contribution in [0.4, 0.5) is 0 Å². The quantitative estimate of drug-likeness (QED) is 0.722. The summed E-state index contributed by atoms with van der Waals surface area (Å²) in [5.41, 5.74) is 1.35. The Kier molecular flexibility index (Phi) is 7.07. The van der Waals surface area contributed by atoms with Gasteiger partial charge in [-0.2, -0.15) is 0 Å². The molecule has 0 aliphatic carbocycles. The molecule has 0 aliphatic heterocycles. The van der Waals surface area contributed by atoms with Crippen molar-refractivity contribution in [1.29, 1.82) is 0 Å². The summed E-state index contributed by atoms with van der Waals surface area (Å²) in [4.78, 5) is 0. The number of methoxy groups -OCH3 is 1. The maximum atomic E-state index is 5.37. The summed E-state index contributed by atoms with van der Waals surface area (Å²) < 4.78 is 5.16. The van der Waals surface area contributed by atoms with E-state index in [0.717, 1.165) is 31.4 Å². The fraction of sp³-hybridized carbons (Fsp3) is 0.529. The minimum atomic E-state index is 0.441. The van der Waals surface area contributed by atoms with Crippen molar-refractivity contribution in [3.63, 3.8) is 0 Å². The fourth-order valence-electron chi connectivity index (χ4n) is 2.12. The van der Waals surface area contributed by atoms with Gasteiger partial charge in [0.2, 0.25) is 0 Å². The Balaban J connectivity index is 2.36. The van der Waals surface area contributed by atoms with Crippen LogP contribution in [0.2, 0.25) is 0 Å². The number of aryl methyl sites for hydroxylation is 1. The molecule has 104 valence electrons. The Labute approximate surface area is 117 Å². The van der Waals surface area contributed by atoms with E-state index in [1.807, 2.05) is 12.1 Å². The highest BCUT2D eigenvalue weighted by Crippen LogP contribution is 2.13. The lowest BCUT2D eigenvalue weighted by molar-refractivity contribution is 0.414. The van der Waals surface area contributed by atoms with Crippen molar-refractivity contribution < 1.29 is 4.74 Å². The van der Waals surface area contributed by atoms with Crippen molar-refractivity contribution >= 4 is 0 Å². The van der Waals surface area contributed by atoms with Crippen LogP contribution in [-0.4, -0.2) is 19.2 Å². The van der Waals surface area contributed by atoms with Crippen LogP contribution in [0.3, 0.4) is 0 Å². The average molecular weight is 259 g/mol. The standard InChI is InChI=1S/C17H25NO/c1-5-7-16(6-2)18-14(3)8-9-15-10-12-17(19-4)13-11-15/h1,10-14,16,18H,6-9H2,2-4H3. The summed E-state index contributed by atoms with van der Waals surface area (Å²) in [6.45, 7) is 4.40. The molecule has 0 spiro atoms. The van der Waals surface area contributed by atoms with Gasteiger partial charge in [0.25, 0.3) is 0 Å². The van der Waals surface area contributed by atoms with Crippen molar-refractivity contribution in [1.82, 2.24) is 5.32 Å². The highest BCUT2D eigenvalue weighted by atomic mass is 16.5. The number of ether oxygens (including phenoxy) is 1. The monoisotopic (exact) mass is 259 g/mol. The minimum Gasteiger partial charge on any atom is -0.497 e. The van der Waals surface area contributed by atoms with E-state index < -0.39 is 0 Å². The predicted octanol–water partition coefficient (Wildman–Crippen LogP) is 3.41. The largest absolute Gasteiger partial charge is 0.497 e. The molecule has 2 heteroatoms. The molecule has 0 radical (unpaired) electrons. The molecule has 1 aromatic carbocycles. The molecule has 2 nitrogen and oxygen atoms in total. The molecule has 0 amide bonds. The third-order valence-electron chi connectivity index (χ3n) is 3.40. The molecule has 0 aromatic heterocycles. The van der Waals surface area contributed by atoms with Crippen molar-refractivity contribution in [2.24, 2.45) is 0 Å². The molecule has 1 rings (SSSR count). The van der Waals surface area contributed by atoms with E-state index >= 15 is 0 Å². The Bertz CT molecular complexity index is 391. The Morgan fingerprint density at radius 2 is 2.00 bits per heavy atom. The van der Waals surface area contributed by atoms with Gasteiger partial charge in [-0.05, 0) is 43.9 Å². The maximum Gasteiger partial charge on any atom is 0.118 e. The molecular weight excluding hydrogens is 234 g/mol. The van der Waals surface area contributed by atoms with Crippen molar-refractivity contribution in [2.45, 2.75) is 51.6 Å². The Hall–Kier alpha value is -1.46. The zero-order valence-corrected chi connectivity index (χ0v) is 12.3. The van der Waals surface area contributed by atoms with Gasteiger partial charge in [0, 0.05) is 18.5 Å². The van der Waals surface area contributed by atoms with E-state index in [9.17, 15) is 0 Å². The number of rotatable bonds is 8. The molecule has 0 heterocycles. The summed E-state index contributed by atoms with van der Waals surface area (Å²) in [6, 6.07) is 9.21. The second kappa shape index (κ2) is 8.61. The second-order valence-electron chi connectivity index (χ2n) is 4.97. The van der Waals surface area contributed by atoms with E-state index in [-0.39, 0.29) is 0 Å². The molecule has 0 fully saturated rings. The lowest BCUT2D eigenvalue weighted by Gasteiger charge is -2.20. The zero-order chi connectivity index (χ0) is 14.1. The van der Waals surface area contributed by atoms with Crippen molar-refractivity contribution in [2.75, 3.05) is 7.11 Å². The number of terminal acetylenes is 1. The van der Waals surface area contributed by atoms with Gasteiger partial charge >= 0.3 is 0 Å². The van der Waals surface area contributed by atoms with Gasteiger partial charge in [0.05, 0.1) is 7.11 Å². The Morgan fingerprint density at radius 1 is 1.32 bits per heavy atom. The summed E-state index contributed by atoms with van der Waals surface area (Å²) >= 11 is 0. The van der Waals surface area contributed by atoms with E-state index in [1.54, 1.807) is 7.11 Å². The highest BCUT2D eigenvalue weighted by Gasteiger charge is 2.09. The molecule has 2 unspecified atom stereocenters. The predicted molar refractivity (Wildman–Crippen MR) is 81.4 cm³/mol. The van der Waals surface area contributed by atoms with Gasteiger partial charge in [-0.25, -0.2) is 0 Å². The summed E-state index contributed by atoms with van der Waals surface area (Å²) in [5.74, 6) is 3.65. The van der Waals surface area contributed by atoms with E-state index in [0.29, 0.717) is 12.1 Å². The first-order chi connectivity index (χ1) is 9.19. The van der Waals surface area contributed by atoms with Crippen molar-refractivity contribution in [3.05, 3.63) is 29.8 Å². The molecule has 0 saturated carbocycles. The lowest BCUT2D eigenvalue weighted by Crippen LogP contribution is -2.36. The molecule has 2 atom stereocenters. The normalized spacial score (nSPS) is 13.6. The van der Waals surface area contributed by atoms with Gasteiger partial charge < -0.3 is 10.1 Å². The van der Waals surface area contributed by atoms with Crippen LogP contribution in [0.15, 0.2) is 24.3 Å². The molecule has 1 N–H and O–H groups in total. The van der Waals surface area contributed by atoms with E-state index in [2.05, 4.69) is 37.2 Å². The summed E-state index contributed by atoms with van der Waals surface area (Å²) in [7, 11) is 1.69. The van der Waals surface area contributed by atoms with Gasteiger partial charge in [0.1, 0.15) is 5.75 Å². The van der Waals surface area contributed by atoms with Crippen LogP contribution in [0.1, 0.15) is 38.7 Å². The van der Waals surface area contributed by atoms with Crippen LogP contribution in [-0.2, 0) is 6.42 Å². The van der Waals surface area contributed by atoms with Gasteiger partial charge in [-0.15, -0.1) is 12.3 Å². The molecule has 0 aliphatic rings. The number of benzene rings is 1.